The monoisotopic (exact) mass is 618 g/mol. The zero-order chi connectivity index (χ0) is 30.4. The van der Waals surface area contributed by atoms with Crippen molar-refractivity contribution in [3.8, 4) is 5.75 Å². The van der Waals surface area contributed by atoms with Crippen LogP contribution in [-0.4, -0.2) is 75.3 Å². The van der Waals surface area contributed by atoms with E-state index in [1.165, 1.54) is 0 Å². The van der Waals surface area contributed by atoms with Crippen LogP contribution in [0.1, 0.15) is 88.5 Å². The van der Waals surface area contributed by atoms with Crippen LogP contribution in [0.5, 0.6) is 5.75 Å². The van der Waals surface area contributed by atoms with Gasteiger partial charge < -0.3 is 33.5 Å². The molecule has 0 radical (unpaired) electrons. The summed E-state index contributed by atoms with van der Waals surface area (Å²) in [4.78, 5) is 0. The van der Waals surface area contributed by atoms with E-state index in [4.69, 9.17) is 40.0 Å². The van der Waals surface area contributed by atoms with Gasteiger partial charge in [-0.3, -0.25) is 0 Å². The second-order valence-electron chi connectivity index (χ2n) is 11.7. The summed E-state index contributed by atoms with van der Waals surface area (Å²) >= 11 is 6.69. The maximum atomic E-state index is 11.7. The van der Waals surface area contributed by atoms with Gasteiger partial charge in [-0.1, -0.05) is 75.9 Å². The van der Waals surface area contributed by atoms with Gasteiger partial charge in [0.1, 0.15) is 42.4 Å². The fraction of sp³-hybridized carbons (Fsp3) is 0.657. The molecule has 2 aliphatic rings. The molecule has 1 N–H and O–H groups in total. The highest BCUT2D eigenvalue weighted by molar-refractivity contribution is 6.31. The molecule has 4 rings (SSSR count). The van der Waals surface area contributed by atoms with Gasteiger partial charge in [0.15, 0.2) is 0 Å². The number of hydrogen-bond donors (Lipinski definition) is 1. The van der Waals surface area contributed by atoms with Crippen molar-refractivity contribution in [2.75, 3.05) is 39.6 Å². The van der Waals surface area contributed by atoms with Crippen LogP contribution in [0.3, 0.4) is 0 Å². The lowest BCUT2D eigenvalue weighted by atomic mass is 9.89. The lowest BCUT2D eigenvalue weighted by molar-refractivity contribution is -0.258. The summed E-state index contributed by atoms with van der Waals surface area (Å²) in [5, 5.41) is 12.4. The van der Waals surface area contributed by atoms with Gasteiger partial charge in [0, 0.05) is 31.3 Å². The minimum atomic E-state index is -0.902. The topological polar surface area (TPSA) is 75.6 Å². The number of ether oxygens (including phenoxy) is 6. The Hall–Kier alpha value is -1.71. The number of hydrogen-bond acceptors (Lipinski definition) is 7. The van der Waals surface area contributed by atoms with Crippen LogP contribution in [0.4, 0.5) is 0 Å². The number of halogens is 1. The van der Waals surface area contributed by atoms with Gasteiger partial charge in [-0.05, 0) is 60.6 Å². The zero-order valence-electron chi connectivity index (χ0n) is 26.2. The summed E-state index contributed by atoms with van der Waals surface area (Å²) in [6, 6.07) is 14.0. The van der Waals surface area contributed by atoms with E-state index in [-0.39, 0.29) is 12.2 Å². The molecule has 0 saturated carbocycles. The molecule has 0 aromatic heterocycles. The van der Waals surface area contributed by atoms with Crippen LogP contribution in [0, 0.1) is 0 Å². The maximum Gasteiger partial charge on any atom is 0.124 e. The van der Waals surface area contributed by atoms with E-state index in [1.54, 1.807) is 0 Å². The Bertz CT molecular complexity index is 1060. The normalized spacial score (nSPS) is 25.7. The van der Waals surface area contributed by atoms with Crippen LogP contribution in [-0.2, 0) is 30.1 Å². The van der Waals surface area contributed by atoms with E-state index < -0.39 is 24.4 Å². The molecule has 240 valence electrons. The average molecular weight is 619 g/mol. The molecule has 2 aromatic rings. The molecular formula is C35H51ClO7. The number of unbranched alkanes of at least 4 members (excludes halogenated alkanes) is 3. The standard InChI is InChI=1S/C35H51ClO7/c1-4-7-17-38-24-31-34(40-18-8-5-2)35(41-19-9-6-3)32(37)33(43-31)26-12-15-30(36)27(22-26)21-25-10-13-28(14-11-25)42-29-16-20-39-23-29/h10-15,22,29,31-35,37H,4-9,16-21,23-24H2,1-3H3/t29-,31+,32-,33-,34+,35+/m0/s1. The van der Waals surface area contributed by atoms with Crippen LogP contribution in [0.2, 0.25) is 5.02 Å². The van der Waals surface area contributed by atoms with Gasteiger partial charge in [-0.15, -0.1) is 0 Å². The van der Waals surface area contributed by atoms with Crippen molar-refractivity contribution in [2.24, 2.45) is 0 Å². The van der Waals surface area contributed by atoms with E-state index in [9.17, 15) is 5.11 Å². The molecule has 2 heterocycles. The number of aliphatic hydroxyl groups excluding tert-OH is 1. The fourth-order valence-electron chi connectivity index (χ4n) is 5.51. The highest BCUT2D eigenvalue weighted by Crippen LogP contribution is 2.37. The first kappa shape index (κ1) is 34.2. The van der Waals surface area contributed by atoms with Gasteiger partial charge >= 0.3 is 0 Å². The predicted molar refractivity (Wildman–Crippen MR) is 169 cm³/mol. The van der Waals surface area contributed by atoms with Gasteiger partial charge in [0.2, 0.25) is 0 Å². The molecule has 6 atom stereocenters. The first-order chi connectivity index (χ1) is 21.0. The van der Waals surface area contributed by atoms with Crippen molar-refractivity contribution in [3.05, 3.63) is 64.2 Å². The molecule has 2 fully saturated rings. The van der Waals surface area contributed by atoms with E-state index in [0.717, 1.165) is 74.0 Å². The molecular weight excluding hydrogens is 568 g/mol. The van der Waals surface area contributed by atoms with E-state index in [2.05, 4.69) is 32.9 Å². The lowest BCUT2D eigenvalue weighted by Gasteiger charge is -2.45. The first-order valence-electron chi connectivity index (χ1n) is 16.3. The summed E-state index contributed by atoms with van der Waals surface area (Å²) in [5.41, 5.74) is 2.95. The van der Waals surface area contributed by atoms with Gasteiger partial charge in [-0.25, -0.2) is 0 Å². The number of benzene rings is 2. The van der Waals surface area contributed by atoms with Crippen molar-refractivity contribution < 1.29 is 33.5 Å². The largest absolute Gasteiger partial charge is 0.488 e. The van der Waals surface area contributed by atoms with Gasteiger partial charge in [0.05, 0.1) is 19.8 Å². The highest BCUT2D eigenvalue weighted by atomic mass is 35.5. The molecule has 2 aliphatic heterocycles. The Morgan fingerprint density at radius 1 is 0.884 bits per heavy atom. The van der Waals surface area contributed by atoms with Crippen LogP contribution in [0.15, 0.2) is 42.5 Å². The third kappa shape index (κ3) is 10.1. The van der Waals surface area contributed by atoms with Crippen LogP contribution in [0.25, 0.3) is 0 Å². The van der Waals surface area contributed by atoms with Crippen LogP contribution >= 0.6 is 11.6 Å². The molecule has 0 unspecified atom stereocenters. The molecule has 0 amide bonds. The van der Waals surface area contributed by atoms with E-state index in [1.807, 2.05) is 30.3 Å². The van der Waals surface area contributed by atoms with Crippen molar-refractivity contribution >= 4 is 11.6 Å². The molecule has 2 saturated heterocycles. The second-order valence-corrected chi connectivity index (χ2v) is 12.1. The van der Waals surface area contributed by atoms with Crippen molar-refractivity contribution in [1.82, 2.24) is 0 Å². The molecule has 0 spiro atoms. The Morgan fingerprint density at radius 2 is 1.58 bits per heavy atom. The quantitative estimate of drug-likeness (QED) is 0.179. The Kier molecular flexibility index (Phi) is 14.5. The lowest BCUT2D eigenvalue weighted by Crippen LogP contribution is -2.57. The molecule has 0 aliphatic carbocycles. The molecule has 0 bridgehead atoms. The van der Waals surface area contributed by atoms with Gasteiger partial charge in [0.25, 0.3) is 0 Å². The molecule has 2 aromatic carbocycles. The smallest absolute Gasteiger partial charge is 0.124 e. The SMILES string of the molecule is CCCCOC[C@H]1O[C@@H](c2ccc(Cl)c(Cc3ccc(O[C@H]4CCOC4)cc3)c2)[C@H](O)[C@@H](OCCCC)[C@@H]1OCCCC. The summed E-state index contributed by atoms with van der Waals surface area (Å²) in [5.74, 6) is 0.842. The number of aliphatic hydroxyl groups is 1. The van der Waals surface area contributed by atoms with E-state index in [0.29, 0.717) is 44.5 Å². The van der Waals surface area contributed by atoms with Crippen LogP contribution < -0.4 is 4.74 Å². The summed E-state index contributed by atoms with van der Waals surface area (Å²) in [6.45, 7) is 10.00. The fourth-order valence-corrected chi connectivity index (χ4v) is 5.70. The summed E-state index contributed by atoms with van der Waals surface area (Å²) < 4.78 is 36.8. The van der Waals surface area contributed by atoms with E-state index >= 15 is 0 Å². The molecule has 7 nitrogen and oxygen atoms in total. The second kappa shape index (κ2) is 18.3. The zero-order valence-corrected chi connectivity index (χ0v) is 26.9. The maximum absolute atomic E-state index is 11.7. The third-order valence-corrected chi connectivity index (χ3v) is 8.47. The van der Waals surface area contributed by atoms with Crippen molar-refractivity contribution in [1.29, 1.82) is 0 Å². The third-order valence-electron chi connectivity index (χ3n) is 8.11. The van der Waals surface area contributed by atoms with Crippen molar-refractivity contribution in [3.63, 3.8) is 0 Å². The first-order valence-corrected chi connectivity index (χ1v) is 16.7. The summed E-state index contributed by atoms with van der Waals surface area (Å²) in [6.07, 6.45) is 4.79. The molecule has 8 heteroatoms. The van der Waals surface area contributed by atoms with Crippen molar-refractivity contribution in [2.45, 2.75) is 109 Å². The highest BCUT2D eigenvalue weighted by Gasteiger charge is 2.47. The molecule has 43 heavy (non-hydrogen) atoms. The Morgan fingerprint density at radius 3 is 2.26 bits per heavy atom. The Labute approximate surface area is 263 Å². The van der Waals surface area contributed by atoms with Gasteiger partial charge in [-0.2, -0.15) is 0 Å². The predicted octanol–water partition coefficient (Wildman–Crippen LogP) is 7.09. The minimum Gasteiger partial charge on any atom is -0.488 e. The minimum absolute atomic E-state index is 0.117. The summed E-state index contributed by atoms with van der Waals surface area (Å²) in [7, 11) is 0. The number of rotatable bonds is 18. The Balaban J connectivity index is 1.52. The average Bonchev–Trinajstić information content (AvgIpc) is 3.53.